The lowest BCUT2D eigenvalue weighted by Crippen LogP contribution is -2.38. The zero-order valence-electron chi connectivity index (χ0n) is 19.9. The molecule has 3 aromatic carbocycles. The van der Waals surface area contributed by atoms with Crippen molar-refractivity contribution < 1.29 is 19.8 Å². The van der Waals surface area contributed by atoms with Crippen LogP contribution in [-0.2, 0) is 6.42 Å². The molecule has 0 bridgehead atoms. The Bertz CT molecular complexity index is 1450. The number of rotatable bonds is 9. The van der Waals surface area contributed by atoms with Gasteiger partial charge in [-0.15, -0.1) is 0 Å². The summed E-state index contributed by atoms with van der Waals surface area (Å²) in [4.78, 5) is 29.6. The number of nitrogens with zero attached hydrogens (tertiary/aromatic N) is 1. The number of hydrogen-bond donors (Lipinski definition) is 4. The van der Waals surface area contributed by atoms with E-state index in [2.05, 4.69) is 10.3 Å². The van der Waals surface area contributed by atoms with Gasteiger partial charge in [0.05, 0.1) is 11.1 Å². The predicted molar refractivity (Wildman–Crippen MR) is 146 cm³/mol. The molecule has 4 aromatic rings. The minimum atomic E-state index is -1.15. The van der Waals surface area contributed by atoms with Gasteiger partial charge >= 0.3 is 5.97 Å². The first-order valence-corrected chi connectivity index (χ1v) is 12.1. The summed E-state index contributed by atoms with van der Waals surface area (Å²) < 4.78 is 0. The molecule has 0 unspecified atom stereocenters. The van der Waals surface area contributed by atoms with Gasteiger partial charge in [-0.1, -0.05) is 54.1 Å². The number of hydrogen-bond acceptors (Lipinski definition) is 5. The van der Waals surface area contributed by atoms with Gasteiger partial charge in [0, 0.05) is 16.5 Å². The summed E-state index contributed by atoms with van der Waals surface area (Å²) in [6, 6.07) is 20.4. The monoisotopic (exact) mass is 515 g/mol. The van der Waals surface area contributed by atoms with Crippen LogP contribution in [0.3, 0.4) is 0 Å². The Morgan fingerprint density at radius 2 is 1.65 bits per heavy atom. The van der Waals surface area contributed by atoms with E-state index in [9.17, 15) is 19.8 Å². The largest absolute Gasteiger partial charge is 0.508 e. The van der Waals surface area contributed by atoms with Gasteiger partial charge in [0.1, 0.15) is 11.4 Å². The molecule has 8 heteroatoms. The average Bonchev–Trinajstić information content (AvgIpc) is 2.89. The van der Waals surface area contributed by atoms with Gasteiger partial charge < -0.3 is 21.3 Å². The summed E-state index contributed by atoms with van der Waals surface area (Å²) in [5.41, 5.74) is 8.83. The molecule has 0 saturated heterocycles. The second-order valence-electron chi connectivity index (χ2n) is 8.64. The molecule has 0 fully saturated rings. The number of amides is 1. The van der Waals surface area contributed by atoms with E-state index in [1.165, 1.54) is 6.07 Å². The Balaban J connectivity index is 1.59. The second-order valence-corrected chi connectivity index (χ2v) is 9.08. The lowest BCUT2D eigenvalue weighted by molar-refractivity contribution is 0.0699. The highest BCUT2D eigenvalue weighted by Crippen LogP contribution is 2.23. The van der Waals surface area contributed by atoms with Gasteiger partial charge in [-0.2, -0.15) is 0 Å². The van der Waals surface area contributed by atoms with Crippen LogP contribution in [0.1, 0.15) is 44.0 Å². The number of carbonyl (C=O) groups is 2. The SMILES string of the molecule is NCC[C@H](Cc1ccc(O)cc1)NC(=O)c1cc(C(=O)O)c2cc(/C=C/c3ccc(Cl)cc3)ccc2n1. The molecular formula is C29H26ClN3O4. The van der Waals surface area contributed by atoms with Crippen LogP contribution >= 0.6 is 11.6 Å². The van der Waals surface area contributed by atoms with E-state index in [4.69, 9.17) is 17.3 Å². The van der Waals surface area contributed by atoms with E-state index in [-0.39, 0.29) is 23.0 Å². The van der Waals surface area contributed by atoms with Crippen molar-refractivity contribution in [1.29, 1.82) is 0 Å². The number of nitrogens with two attached hydrogens (primary N) is 1. The van der Waals surface area contributed by atoms with Gasteiger partial charge in [0.2, 0.25) is 0 Å². The predicted octanol–water partition coefficient (Wildman–Crippen LogP) is 5.15. The molecular weight excluding hydrogens is 490 g/mol. The molecule has 1 aromatic heterocycles. The third-order valence-electron chi connectivity index (χ3n) is 5.90. The van der Waals surface area contributed by atoms with Crippen LogP contribution in [-0.4, -0.2) is 39.7 Å². The third kappa shape index (κ3) is 6.73. The van der Waals surface area contributed by atoms with Gasteiger partial charge in [0.15, 0.2) is 0 Å². The molecule has 1 amide bonds. The van der Waals surface area contributed by atoms with Crippen molar-refractivity contribution in [2.24, 2.45) is 5.73 Å². The number of aromatic nitrogens is 1. The molecule has 0 aliphatic heterocycles. The minimum absolute atomic E-state index is 0.00852. The summed E-state index contributed by atoms with van der Waals surface area (Å²) >= 11 is 5.93. The van der Waals surface area contributed by atoms with Gasteiger partial charge in [-0.05, 0) is 78.5 Å². The molecule has 1 atom stereocenters. The topological polar surface area (TPSA) is 126 Å². The van der Waals surface area contributed by atoms with Gasteiger partial charge in [-0.3, -0.25) is 4.79 Å². The number of pyridine rings is 1. The Hall–Kier alpha value is -4.20. The number of phenols is 1. The van der Waals surface area contributed by atoms with Crippen LogP contribution in [0.15, 0.2) is 72.8 Å². The van der Waals surface area contributed by atoms with Crippen molar-refractivity contribution in [2.75, 3.05) is 6.54 Å². The quantitative estimate of drug-likeness (QED) is 0.228. The highest BCUT2D eigenvalue weighted by atomic mass is 35.5. The van der Waals surface area contributed by atoms with Gasteiger partial charge in [-0.25, -0.2) is 9.78 Å². The number of aromatic carboxylic acids is 1. The number of benzene rings is 3. The van der Waals surface area contributed by atoms with Crippen LogP contribution in [0.25, 0.3) is 23.1 Å². The van der Waals surface area contributed by atoms with Crippen LogP contribution in [0.4, 0.5) is 0 Å². The lowest BCUT2D eigenvalue weighted by Gasteiger charge is -2.18. The van der Waals surface area contributed by atoms with E-state index in [0.717, 1.165) is 16.7 Å². The summed E-state index contributed by atoms with van der Waals surface area (Å²) in [7, 11) is 0. The van der Waals surface area contributed by atoms with Crippen LogP contribution in [0, 0.1) is 0 Å². The highest BCUT2D eigenvalue weighted by Gasteiger charge is 2.19. The number of fused-ring (bicyclic) bond motifs is 1. The molecule has 5 N–H and O–H groups in total. The first-order valence-electron chi connectivity index (χ1n) is 11.7. The summed E-state index contributed by atoms with van der Waals surface area (Å²) in [6.07, 6.45) is 4.80. The van der Waals surface area contributed by atoms with E-state index < -0.39 is 11.9 Å². The standard InChI is InChI=1S/C29H26ClN3O4/c30-21-8-3-18(4-9-21)1-2-20-7-12-26-24(16-20)25(29(36)37)17-27(33-26)28(35)32-22(13-14-31)15-19-5-10-23(34)11-6-19/h1-12,16-17,22,34H,13-15,31H2,(H,32,35)(H,36,37)/b2-1+/t22-/m1/s1. The summed E-state index contributed by atoms with van der Waals surface area (Å²) in [5, 5.41) is 23.4. The number of carboxylic acids is 1. The molecule has 0 aliphatic rings. The van der Waals surface area contributed by atoms with Crippen molar-refractivity contribution >= 4 is 46.5 Å². The third-order valence-corrected chi connectivity index (χ3v) is 6.15. The first-order chi connectivity index (χ1) is 17.8. The summed E-state index contributed by atoms with van der Waals surface area (Å²) in [6.45, 7) is 0.362. The Morgan fingerprint density at radius 1 is 0.973 bits per heavy atom. The fourth-order valence-corrected chi connectivity index (χ4v) is 4.13. The molecule has 0 spiro atoms. The highest BCUT2D eigenvalue weighted by molar-refractivity contribution is 6.30. The van der Waals surface area contributed by atoms with Crippen molar-refractivity contribution in [1.82, 2.24) is 10.3 Å². The van der Waals surface area contributed by atoms with Crippen LogP contribution < -0.4 is 11.1 Å². The molecule has 0 aliphatic carbocycles. The van der Waals surface area contributed by atoms with E-state index >= 15 is 0 Å². The molecule has 0 radical (unpaired) electrons. The van der Waals surface area contributed by atoms with Crippen LogP contribution in [0.5, 0.6) is 5.75 Å². The zero-order valence-corrected chi connectivity index (χ0v) is 20.7. The van der Waals surface area contributed by atoms with E-state index in [1.807, 2.05) is 30.4 Å². The molecule has 37 heavy (non-hydrogen) atoms. The maximum atomic E-state index is 13.1. The average molecular weight is 516 g/mol. The second kappa shape index (κ2) is 11.7. The van der Waals surface area contributed by atoms with Crippen molar-refractivity contribution in [3.8, 4) is 5.75 Å². The number of carbonyl (C=O) groups excluding carboxylic acids is 1. The van der Waals surface area contributed by atoms with E-state index in [1.54, 1.807) is 48.5 Å². The number of phenolic OH excluding ortho intramolecular Hbond substituents is 1. The normalized spacial score (nSPS) is 12.1. The fourth-order valence-electron chi connectivity index (χ4n) is 4.01. The van der Waals surface area contributed by atoms with Crippen LogP contribution in [0.2, 0.25) is 5.02 Å². The molecule has 188 valence electrons. The fraction of sp³-hybridized carbons (Fsp3) is 0.138. The zero-order chi connectivity index (χ0) is 26.4. The molecule has 1 heterocycles. The van der Waals surface area contributed by atoms with Crippen molar-refractivity contribution in [3.05, 3.63) is 106 Å². The van der Waals surface area contributed by atoms with Crippen molar-refractivity contribution in [3.63, 3.8) is 0 Å². The first kappa shape index (κ1) is 25.9. The minimum Gasteiger partial charge on any atom is -0.508 e. The molecule has 4 rings (SSSR count). The Labute approximate surface area is 219 Å². The number of halogens is 1. The Morgan fingerprint density at radius 3 is 2.32 bits per heavy atom. The molecule has 0 saturated carbocycles. The maximum Gasteiger partial charge on any atom is 0.336 e. The summed E-state index contributed by atoms with van der Waals surface area (Å²) in [5.74, 6) is -1.47. The number of aromatic hydroxyl groups is 1. The smallest absolute Gasteiger partial charge is 0.336 e. The maximum absolute atomic E-state index is 13.1. The molecule has 7 nitrogen and oxygen atoms in total. The van der Waals surface area contributed by atoms with Crippen molar-refractivity contribution in [2.45, 2.75) is 18.9 Å². The van der Waals surface area contributed by atoms with Gasteiger partial charge in [0.25, 0.3) is 5.91 Å². The number of carboxylic acid groups (broad SMARTS) is 1. The Kier molecular flexibility index (Phi) is 8.18. The lowest BCUT2D eigenvalue weighted by atomic mass is 10.0. The number of nitrogens with one attached hydrogen (secondary N) is 1. The van der Waals surface area contributed by atoms with E-state index in [0.29, 0.717) is 35.3 Å².